The van der Waals surface area contributed by atoms with Crippen molar-refractivity contribution in [3.05, 3.63) is 46.8 Å². The van der Waals surface area contributed by atoms with Crippen molar-refractivity contribution in [1.29, 1.82) is 0 Å². The average Bonchev–Trinajstić information content (AvgIpc) is 2.64. The van der Waals surface area contributed by atoms with E-state index in [1.165, 1.54) is 6.07 Å². The number of hydrogen-bond acceptors (Lipinski definition) is 9. The number of benzene rings is 1. The first kappa shape index (κ1) is 21.8. The molecule has 0 atom stereocenters. The zero-order valence-electron chi connectivity index (χ0n) is 16.0. The minimum atomic E-state index is -4.58. The lowest BCUT2D eigenvalue weighted by Crippen LogP contribution is -2.36. The van der Waals surface area contributed by atoms with E-state index in [-0.39, 0.29) is 17.1 Å². The SMILES string of the molecule is COC(=O)c1ccc(C(=O)OC)c(S(=O)(=O)NC(=O)Nc2nc(C)cc(C)n2)c1. The number of rotatable bonds is 5. The van der Waals surface area contributed by atoms with Crippen molar-refractivity contribution in [3.8, 4) is 0 Å². The lowest BCUT2D eigenvalue weighted by atomic mass is 10.1. The van der Waals surface area contributed by atoms with Gasteiger partial charge in [-0.3, -0.25) is 5.32 Å². The molecular formula is C17H18N4O7S. The number of aromatic nitrogens is 2. The third kappa shape index (κ3) is 5.25. The molecule has 29 heavy (non-hydrogen) atoms. The first-order valence-corrected chi connectivity index (χ1v) is 9.52. The second-order valence-electron chi connectivity index (χ2n) is 5.73. The molecule has 2 N–H and O–H groups in total. The van der Waals surface area contributed by atoms with Gasteiger partial charge in [-0.15, -0.1) is 0 Å². The summed E-state index contributed by atoms with van der Waals surface area (Å²) in [6.45, 7) is 3.35. The fourth-order valence-corrected chi connectivity index (χ4v) is 3.48. The maximum atomic E-state index is 12.7. The van der Waals surface area contributed by atoms with E-state index in [0.717, 1.165) is 26.4 Å². The van der Waals surface area contributed by atoms with E-state index in [9.17, 15) is 22.8 Å². The van der Waals surface area contributed by atoms with E-state index in [0.29, 0.717) is 11.4 Å². The van der Waals surface area contributed by atoms with Crippen molar-refractivity contribution in [2.24, 2.45) is 0 Å². The molecule has 0 aliphatic carbocycles. The number of amides is 2. The number of hydrogen-bond donors (Lipinski definition) is 2. The first-order chi connectivity index (χ1) is 13.6. The van der Waals surface area contributed by atoms with Crippen LogP contribution in [0.3, 0.4) is 0 Å². The Labute approximate surface area is 166 Å². The van der Waals surface area contributed by atoms with Gasteiger partial charge in [-0.05, 0) is 38.1 Å². The maximum absolute atomic E-state index is 12.7. The van der Waals surface area contributed by atoms with Gasteiger partial charge in [0.2, 0.25) is 5.95 Å². The highest BCUT2D eigenvalue weighted by Crippen LogP contribution is 2.20. The number of nitrogens with one attached hydrogen (secondary N) is 2. The van der Waals surface area contributed by atoms with Crippen LogP contribution in [0.5, 0.6) is 0 Å². The molecule has 154 valence electrons. The molecule has 12 heteroatoms. The number of carbonyl (C=O) groups excluding carboxylic acids is 3. The largest absolute Gasteiger partial charge is 0.465 e. The number of ether oxygens (including phenoxy) is 2. The molecule has 1 aromatic heterocycles. The van der Waals surface area contributed by atoms with Crippen LogP contribution < -0.4 is 10.0 Å². The van der Waals surface area contributed by atoms with Crippen LogP contribution >= 0.6 is 0 Å². The molecule has 0 aliphatic heterocycles. The van der Waals surface area contributed by atoms with Crippen molar-refractivity contribution < 1.29 is 32.3 Å². The number of esters is 2. The molecule has 2 amide bonds. The third-order valence-corrected chi connectivity index (χ3v) is 4.90. The van der Waals surface area contributed by atoms with Crippen molar-refractivity contribution in [1.82, 2.24) is 14.7 Å². The molecule has 0 aliphatic rings. The van der Waals surface area contributed by atoms with Gasteiger partial charge in [0.05, 0.1) is 25.3 Å². The minimum absolute atomic E-state index is 0.105. The van der Waals surface area contributed by atoms with Crippen LogP contribution in [0.4, 0.5) is 10.7 Å². The standard InChI is InChI=1S/C17H18N4O7S/c1-9-7-10(2)19-16(18-9)20-17(24)21-29(25,26)13-8-11(14(22)27-3)5-6-12(13)15(23)28-4/h5-8H,1-4H3,(H2,18,19,20,21,24). The Bertz CT molecular complexity index is 1060. The average molecular weight is 422 g/mol. The zero-order chi connectivity index (χ0) is 21.8. The summed E-state index contributed by atoms with van der Waals surface area (Å²) in [6.07, 6.45) is 0. The third-order valence-electron chi connectivity index (χ3n) is 3.53. The summed E-state index contributed by atoms with van der Waals surface area (Å²) in [6, 6.07) is 3.69. The first-order valence-electron chi connectivity index (χ1n) is 8.04. The summed E-state index contributed by atoms with van der Waals surface area (Å²) in [5, 5.41) is 2.20. The number of carbonyl (C=O) groups is 3. The Hall–Kier alpha value is -3.54. The number of methoxy groups -OCH3 is 2. The predicted molar refractivity (Wildman–Crippen MR) is 100.0 cm³/mol. The number of urea groups is 1. The quantitative estimate of drug-likeness (QED) is 0.676. The maximum Gasteiger partial charge on any atom is 0.339 e. The van der Waals surface area contributed by atoms with Gasteiger partial charge in [0, 0.05) is 11.4 Å². The van der Waals surface area contributed by atoms with Crippen LogP contribution in [-0.2, 0) is 19.5 Å². The summed E-state index contributed by atoms with van der Waals surface area (Å²) in [5.41, 5.74) is 0.616. The summed E-state index contributed by atoms with van der Waals surface area (Å²) < 4.78 is 36.2. The molecule has 1 aromatic carbocycles. The van der Waals surface area contributed by atoms with Crippen LogP contribution in [0.2, 0.25) is 0 Å². The Morgan fingerprint density at radius 2 is 1.52 bits per heavy atom. The molecule has 0 radical (unpaired) electrons. The second-order valence-corrected chi connectivity index (χ2v) is 7.38. The fraction of sp³-hybridized carbons (Fsp3) is 0.235. The number of sulfonamides is 1. The molecule has 0 unspecified atom stereocenters. The molecule has 11 nitrogen and oxygen atoms in total. The molecule has 2 aromatic rings. The van der Waals surface area contributed by atoms with E-state index in [4.69, 9.17) is 0 Å². The van der Waals surface area contributed by atoms with E-state index >= 15 is 0 Å². The molecule has 0 bridgehead atoms. The lowest BCUT2D eigenvalue weighted by molar-refractivity contribution is 0.0583. The summed E-state index contributed by atoms with van der Waals surface area (Å²) in [7, 11) is -2.40. The summed E-state index contributed by atoms with van der Waals surface area (Å²) in [4.78, 5) is 43.1. The molecule has 0 saturated carbocycles. The van der Waals surface area contributed by atoms with Crippen LogP contribution in [0.1, 0.15) is 32.1 Å². The van der Waals surface area contributed by atoms with Gasteiger partial charge in [0.1, 0.15) is 4.90 Å². The van der Waals surface area contributed by atoms with Crippen molar-refractivity contribution in [2.45, 2.75) is 18.7 Å². The van der Waals surface area contributed by atoms with Gasteiger partial charge in [-0.25, -0.2) is 37.5 Å². The highest BCUT2D eigenvalue weighted by molar-refractivity contribution is 7.90. The molecule has 1 heterocycles. The van der Waals surface area contributed by atoms with Gasteiger partial charge in [-0.1, -0.05) is 0 Å². The Balaban J connectivity index is 2.38. The minimum Gasteiger partial charge on any atom is -0.465 e. The normalized spacial score (nSPS) is 10.8. The number of aryl methyl sites for hydroxylation is 2. The van der Waals surface area contributed by atoms with E-state index < -0.39 is 32.9 Å². The number of anilines is 1. The Morgan fingerprint density at radius 1 is 0.931 bits per heavy atom. The fourth-order valence-electron chi connectivity index (χ4n) is 2.35. The molecule has 0 spiro atoms. The Kier molecular flexibility index (Phi) is 6.49. The predicted octanol–water partition coefficient (Wildman–Crippen LogP) is 1.18. The summed E-state index contributed by atoms with van der Waals surface area (Å²) >= 11 is 0. The topological polar surface area (TPSA) is 154 Å². The van der Waals surface area contributed by atoms with Gasteiger partial charge in [0.25, 0.3) is 10.0 Å². The molecular weight excluding hydrogens is 404 g/mol. The van der Waals surface area contributed by atoms with Crippen molar-refractivity contribution in [2.75, 3.05) is 19.5 Å². The lowest BCUT2D eigenvalue weighted by Gasteiger charge is -2.12. The van der Waals surface area contributed by atoms with Crippen LogP contribution in [0.15, 0.2) is 29.2 Å². The monoisotopic (exact) mass is 422 g/mol. The molecule has 0 fully saturated rings. The smallest absolute Gasteiger partial charge is 0.339 e. The van der Waals surface area contributed by atoms with E-state index in [2.05, 4.69) is 24.8 Å². The van der Waals surface area contributed by atoms with Crippen molar-refractivity contribution in [3.63, 3.8) is 0 Å². The van der Waals surface area contributed by atoms with Crippen LogP contribution in [0, 0.1) is 13.8 Å². The van der Waals surface area contributed by atoms with E-state index in [1.807, 2.05) is 0 Å². The van der Waals surface area contributed by atoms with Gasteiger partial charge < -0.3 is 9.47 Å². The van der Waals surface area contributed by atoms with Crippen LogP contribution in [0.25, 0.3) is 0 Å². The van der Waals surface area contributed by atoms with Gasteiger partial charge in [-0.2, -0.15) is 0 Å². The van der Waals surface area contributed by atoms with Gasteiger partial charge in [0.15, 0.2) is 0 Å². The molecule has 0 saturated heterocycles. The highest BCUT2D eigenvalue weighted by Gasteiger charge is 2.27. The number of nitrogens with zero attached hydrogens (tertiary/aromatic N) is 2. The van der Waals surface area contributed by atoms with E-state index in [1.54, 1.807) is 24.6 Å². The highest BCUT2D eigenvalue weighted by atomic mass is 32.2. The zero-order valence-corrected chi connectivity index (χ0v) is 16.8. The molecule has 2 rings (SSSR count). The van der Waals surface area contributed by atoms with Gasteiger partial charge >= 0.3 is 18.0 Å². The van der Waals surface area contributed by atoms with Crippen molar-refractivity contribution >= 4 is 33.9 Å². The second kappa shape index (κ2) is 8.65. The summed E-state index contributed by atoms with van der Waals surface area (Å²) in [5.74, 6) is -1.91. The van der Waals surface area contributed by atoms with Crippen LogP contribution in [-0.4, -0.2) is 50.6 Å². The Morgan fingerprint density at radius 3 is 2.07 bits per heavy atom.